The summed E-state index contributed by atoms with van der Waals surface area (Å²) in [5.41, 5.74) is 3.57. The Kier molecular flexibility index (Phi) is 6.28. The van der Waals surface area contributed by atoms with Gasteiger partial charge in [0.2, 0.25) is 11.8 Å². The molecule has 0 saturated carbocycles. The Balaban J connectivity index is 1.50. The van der Waals surface area contributed by atoms with Gasteiger partial charge in [-0.05, 0) is 74.1 Å². The van der Waals surface area contributed by atoms with Crippen LogP contribution in [0.2, 0.25) is 10.0 Å². The van der Waals surface area contributed by atoms with Gasteiger partial charge in [0.25, 0.3) is 0 Å². The van der Waals surface area contributed by atoms with Crippen LogP contribution in [-0.2, 0) is 19.2 Å². The normalized spacial score (nSPS) is 25.9. The number of carbonyl (C=O) groups excluding carboxylic acids is 4. The van der Waals surface area contributed by atoms with Gasteiger partial charge in [-0.2, -0.15) is 0 Å². The van der Waals surface area contributed by atoms with Crippen LogP contribution in [0.4, 0.5) is 5.69 Å². The van der Waals surface area contributed by atoms with Crippen molar-refractivity contribution in [3.05, 3.63) is 85.9 Å². The number of anilines is 1. The number of carbonyl (C=O) groups is 4. The Hall–Kier alpha value is -3.68. The zero-order chi connectivity index (χ0) is 28.6. The van der Waals surface area contributed by atoms with Gasteiger partial charge in [0.15, 0.2) is 23.1 Å². The number of rotatable bonds is 3. The molecule has 1 heterocycles. The van der Waals surface area contributed by atoms with Crippen molar-refractivity contribution in [2.45, 2.75) is 32.6 Å². The first-order chi connectivity index (χ1) is 19.0. The van der Waals surface area contributed by atoms with Crippen molar-refractivity contribution < 1.29 is 29.0 Å². The van der Waals surface area contributed by atoms with Crippen LogP contribution in [0.5, 0.6) is 11.5 Å². The molecule has 1 N–H and O–H groups in total. The highest BCUT2D eigenvalue weighted by Gasteiger charge is 2.56. The third-order valence-corrected chi connectivity index (χ3v) is 9.28. The number of aromatic hydroxyl groups is 1. The Labute approximate surface area is 240 Å². The summed E-state index contributed by atoms with van der Waals surface area (Å²) in [6.07, 6.45) is 3.73. The smallest absolute Gasteiger partial charge is 0.238 e. The first-order valence-corrected chi connectivity index (χ1v) is 13.7. The molecule has 4 atom stereocenters. The standard InChI is InChI=1S/C31H25Cl2NO6/c1-13-4-5-16(11-21(13)32)34-30(38)18-7-6-17-19(26(18)31(34)39)12-20-27(23(35)8-14(2)28(20)36)25(17)15-9-22(33)29(37)24(10-15)40-3/h4-6,8-11,18-19,25-26,37H,7,12H2,1-3H3/t18-,19+,25-,26-/m0/s1. The number of imide groups is 1. The number of methoxy groups -OCH3 is 1. The number of ether oxygens (including phenoxy) is 1. The Morgan fingerprint density at radius 1 is 0.975 bits per heavy atom. The van der Waals surface area contributed by atoms with E-state index in [4.69, 9.17) is 27.9 Å². The number of aryl methyl sites for hydroxylation is 1. The van der Waals surface area contributed by atoms with Crippen LogP contribution < -0.4 is 9.64 Å². The summed E-state index contributed by atoms with van der Waals surface area (Å²) < 4.78 is 5.33. The Morgan fingerprint density at radius 2 is 1.73 bits per heavy atom. The molecule has 0 unspecified atom stereocenters. The molecule has 0 radical (unpaired) electrons. The van der Waals surface area contributed by atoms with E-state index < -0.39 is 23.7 Å². The Morgan fingerprint density at radius 3 is 2.42 bits per heavy atom. The second-order valence-corrected chi connectivity index (χ2v) is 11.5. The van der Waals surface area contributed by atoms with E-state index in [1.165, 1.54) is 18.1 Å². The van der Waals surface area contributed by atoms with Gasteiger partial charge < -0.3 is 9.84 Å². The van der Waals surface area contributed by atoms with Crippen LogP contribution in [0.15, 0.2) is 64.8 Å². The molecule has 3 aliphatic carbocycles. The molecule has 2 amide bonds. The van der Waals surface area contributed by atoms with E-state index in [0.29, 0.717) is 39.4 Å². The number of hydrogen-bond acceptors (Lipinski definition) is 6. The van der Waals surface area contributed by atoms with Gasteiger partial charge >= 0.3 is 0 Å². The van der Waals surface area contributed by atoms with Gasteiger partial charge in [-0.3, -0.25) is 19.2 Å². The number of amides is 2. The summed E-state index contributed by atoms with van der Waals surface area (Å²) in [7, 11) is 1.39. The van der Waals surface area contributed by atoms with E-state index in [2.05, 4.69) is 0 Å². The average molecular weight is 578 g/mol. The highest BCUT2D eigenvalue weighted by molar-refractivity contribution is 6.33. The lowest BCUT2D eigenvalue weighted by molar-refractivity contribution is -0.123. The van der Waals surface area contributed by atoms with Gasteiger partial charge in [0.05, 0.1) is 29.7 Å². The number of Topliss-reactive ketones (excluding diaryl/α,β-unsaturated/α-hetero) is 1. The summed E-state index contributed by atoms with van der Waals surface area (Å²) >= 11 is 12.7. The largest absolute Gasteiger partial charge is 0.503 e. The molecule has 1 fully saturated rings. The summed E-state index contributed by atoms with van der Waals surface area (Å²) in [5, 5.41) is 10.8. The quantitative estimate of drug-likeness (QED) is 0.287. The molecule has 0 aromatic heterocycles. The van der Waals surface area contributed by atoms with E-state index in [-0.39, 0.29) is 46.3 Å². The number of phenols is 1. The van der Waals surface area contributed by atoms with Crippen LogP contribution in [0, 0.1) is 24.7 Å². The monoisotopic (exact) mass is 577 g/mol. The molecule has 1 saturated heterocycles. The van der Waals surface area contributed by atoms with Gasteiger partial charge in [-0.15, -0.1) is 0 Å². The number of benzene rings is 2. The molecule has 40 heavy (non-hydrogen) atoms. The first-order valence-electron chi connectivity index (χ1n) is 12.9. The summed E-state index contributed by atoms with van der Waals surface area (Å²) in [5.74, 6) is -3.83. The predicted octanol–water partition coefficient (Wildman–Crippen LogP) is 5.65. The maximum atomic E-state index is 14.0. The van der Waals surface area contributed by atoms with Crippen molar-refractivity contribution in [3.63, 3.8) is 0 Å². The number of phenolic OH excluding ortho intramolecular Hbond substituents is 1. The average Bonchev–Trinajstić information content (AvgIpc) is 3.18. The van der Waals surface area contributed by atoms with Crippen molar-refractivity contribution in [3.8, 4) is 11.5 Å². The molecule has 1 aliphatic heterocycles. The molecule has 0 bridgehead atoms. The van der Waals surface area contributed by atoms with E-state index in [1.54, 1.807) is 37.3 Å². The van der Waals surface area contributed by atoms with Crippen LogP contribution in [0.3, 0.4) is 0 Å². The van der Waals surface area contributed by atoms with E-state index >= 15 is 0 Å². The fourth-order valence-corrected chi connectivity index (χ4v) is 7.05. The minimum Gasteiger partial charge on any atom is -0.503 e. The lowest BCUT2D eigenvalue weighted by Crippen LogP contribution is -2.39. The van der Waals surface area contributed by atoms with E-state index in [1.807, 2.05) is 13.0 Å². The van der Waals surface area contributed by atoms with Crippen molar-refractivity contribution in [2.75, 3.05) is 12.0 Å². The lowest BCUT2D eigenvalue weighted by atomic mass is 9.59. The molecule has 2 aromatic carbocycles. The van der Waals surface area contributed by atoms with Crippen molar-refractivity contribution in [1.82, 2.24) is 0 Å². The zero-order valence-electron chi connectivity index (χ0n) is 22.0. The van der Waals surface area contributed by atoms with E-state index in [9.17, 15) is 24.3 Å². The van der Waals surface area contributed by atoms with Crippen LogP contribution in [0.1, 0.15) is 36.8 Å². The molecule has 9 heteroatoms. The minimum atomic E-state index is -0.715. The maximum absolute atomic E-state index is 14.0. The second kappa shape index (κ2) is 9.46. The van der Waals surface area contributed by atoms with E-state index in [0.717, 1.165) is 11.1 Å². The number of nitrogens with zero attached hydrogens (tertiary/aromatic N) is 1. The number of halogens is 2. The molecule has 4 aliphatic rings. The van der Waals surface area contributed by atoms with Gasteiger partial charge in [-0.25, -0.2) is 4.90 Å². The number of allylic oxidation sites excluding steroid dienone is 6. The molecule has 7 nitrogen and oxygen atoms in total. The molecular weight excluding hydrogens is 553 g/mol. The summed E-state index contributed by atoms with van der Waals surface area (Å²) in [6.45, 7) is 3.44. The SMILES string of the molecule is COc1cc([C@H]2C3=CC[C@@H]4C(=O)N(c5ccc(C)c(Cl)c5)C(=O)[C@@H]4[C@@H]3CC3=C2C(=O)C=C(C)C3=O)cc(Cl)c1O. The van der Waals surface area contributed by atoms with Crippen molar-refractivity contribution in [2.24, 2.45) is 17.8 Å². The number of fused-ring (bicyclic) bond motifs is 3. The highest BCUT2D eigenvalue weighted by Crippen LogP contribution is 2.56. The van der Waals surface area contributed by atoms with Crippen LogP contribution in [-0.4, -0.2) is 35.6 Å². The molecular formula is C31H25Cl2NO6. The highest BCUT2D eigenvalue weighted by atomic mass is 35.5. The summed E-state index contributed by atoms with van der Waals surface area (Å²) in [6, 6.07) is 8.23. The van der Waals surface area contributed by atoms with Crippen molar-refractivity contribution in [1.29, 1.82) is 0 Å². The first kappa shape index (κ1) is 26.5. The number of hydrogen-bond donors (Lipinski definition) is 1. The topological polar surface area (TPSA) is 101 Å². The Bertz CT molecular complexity index is 1650. The van der Waals surface area contributed by atoms with Gasteiger partial charge in [0, 0.05) is 27.7 Å². The minimum absolute atomic E-state index is 0.0313. The van der Waals surface area contributed by atoms with Crippen LogP contribution in [0.25, 0.3) is 0 Å². The predicted molar refractivity (Wildman–Crippen MR) is 150 cm³/mol. The van der Waals surface area contributed by atoms with Gasteiger partial charge in [0.1, 0.15) is 0 Å². The number of ketones is 2. The fraction of sp³-hybridized carbons (Fsp3) is 0.290. The summed E-state index contributed by atoms with van der Waals surface area (Å²) in [4.78, 5) is 55.7. The fourth-order valence-electron chi connectivity index (χ4n) is 6.65. The maximum Gasteiger partial charge on any atom is 0.238 e. The molecule has 204 valence electrons. The second-order valence-electron chi connectivity index (χ2n) is 10.7. The third-order valence-electron chi connectivity index (χ3n) is 8.58. The van der Waals surface area contributed by atoms with Gasteiger partial charge in [-0.1, -0.05) is 40.9 Å². The molecule has 6 rings (SSSR count). The lowest BCUT2D eigenvalue weighted by Gasteiger charge is -2.42. The molecule has 2 aromatic rings. The zero-order valence-corrected chi connectivity index (χ0v) is 23.5. The van der Waals surface area contributed by atoms with Crippen molar-refractivity contribution >= 4 is 52.3 Å². The third kappa shape index (κ3) is 3.79. The van der Waals surface area contributed by atoms with Crippen LogP contribution >= 0.6 is 23.2 Å². The molecule has 0 spiro atoms.